The number of anilines is 1. The molecule has 0 saturated heterocycles. The zero-order chi connectivity index (χ0) is 31.5. The molecule has 3 rings (SSSR count). The van der Waals surface area contributed by atoms with Crippen LogP contribution < -0.4 is 22.1 Å². The lowest BCUT2D eigenvalue weighted by Crippen LogP contribution is -2.55. The van der Waals surface area contributed by atoms with E-state index in [1.807, 2.05) is 0 Å². The lowest BCUT2D eigenvalue weighted by atomic mass is 9.96. The smallest absolute Gasteiger partial charge is 0.399 e. The van der Waals surface area contributed by atoms with E-state index in [9.17, 15) is 35.2 Å². The third-order valence-corrected chi connectivity index (χ3v) is 7.53. The van der Waals surface area contributed by atoms with Crippen LogP contribution in [0.3, 0.4) is 0 Å². The molecule has 0 radical (unpaired) electrons. The Morgan fingerprint density at radius 2 is 1.48 bits per heavy atom. The highest BCUT2D eigenvalue weighted by atomic mass is 32.2. The number of carbonyl (C=O) groups is 1. The fraction of sp³-hybridized carbons (Fsp3) is 0.345. The fourth-order valence-electron chi connectivity index (χ4n) is 4.36. The molecule has 3 aromatic rings. The van der Waals surface area contributed by atoms with Crippen molar-refractivity contribution in [2.75, 3.05) is 12.0 Å². The van der Waals surface area contributed by atoms with Crippen LogP contribution >= 0.6 is 0 Å². The first-order valence-corrected chi connectivity index (χ1v) is 14.7. The van der Waals surface area contributed by atoms with Gasteiger partial charge in [-0.05, 0) is 60.4 Å². The number of sulfone groups is 1. The average molecular weight is 613 g/mol. The number of nitrogen functional groups attached to an aromatic ring is 1. The van der Waals surface area contributed by atoms with Gasteiger partial charge in [-0.2, -0.15) is 13.2 Å². The van der Waals surface area contributed by atoms with Gasteiger partial charge >= 0.3 is 6.18 Å². The predicted octanol–water partition coefficient (Wildman–Crippen LogP) is 4.82. The summed E-state index contributed by atoms with van der Waals surface area (Å²) < 4.78 is 94.9. The molecule has 1 amide bonds. The van der Waals surface area contributed by atoms with Crippen molar-refractivity contribution in [2.45, 2.75) is 61.7 Å². The third-order valence-electron chi connectivity index (χ3n) is 6.41. The van der Waals surface area contributed by atoms with E-state index in [2.05, 4.69) is 10.6 Å². The zero-order valence-electron chi connectivity index (χ0n) is 23.2. The SMILES string of the molecule is CC(C)(F)C[C@H](N[C@@H](c1ccc(-c2ccc(S(C)(=O)=O)cc2)cc1)C(F)(F)F)C(=O)N[C@@H](N)Cc1ccc(N)cc1F. The van der Waals surface area contributed by atoms with Gasteiger partial charge in [-0.15, -0.1) is 0 Å². The van der Waals surface area contributed by atoms with E-state index in [0.717, 1.165) is 26.2 Å². The lowest BCUT2D eigenvalue weighted by molar-refractivity contribution is -0.161. The van der Waals surface area contributed by atoms with Gasteiger partial charge < -0.3 is 16.8 Å². The summed E-state index contributed by atoms with van der Waals surface area (Å²) in [6.45, 7) is 2.26. The Kier molecular flexibility index (Phi) is 10.0. The van der Waals surface area contributed by atoms with Gasteiger partial charge in [0.1, 0.15) is 17.5 Å². The zero-order valence-corrected chi connectivity index (χ0v) is 24.0. The number of rotatable bonds is 11. The molecule has 0 heterocycles. The van der Waals surface area contributed by atoms with E-state index >= 15 is 0 Å². The van der Waals surface area contributed by atoms with Crippen LogP contribution in [0.15, 0.2) is 71.6 Å². The van der Waals surface area contributed by atoms with Crippen LogP contribution in [-0.2, 0) is 21.1 Å². The van der Waals surface area contributed by atoms with Crippen LogP contribution in [0.1, 0.15) is 37.4 Å². The number of benzene rings is 3. The maximum Gasteiger partial charge on any atom is 0.407 e. The summed E-state index contributed by atoms with van der Waals surface area (Å²) in [5.74, 6) is -1.65. The highest BCUT2D eigenvalue weighted by Gasteiger charge is 2.44. The monoisotopic (exact) mass is 612 g/mol. The first kappa shape index (κ1) is 33.0. The van der Waals surface area contributed by atoms with Crippen LogP contribution in [0, 0.1) is 5.82 Å². The number of halogens is 5. The summed E-state index contributed by atoms with van der Waals surface area (Å²) in [6.07, 6.45) is -5.78. The molecule has 0 aliphatic heterocycles. The Bertz CT molecular complexity index is 1490. The summed E-state index contributed by atoms with van der Waals surface area (Å²) in [4.78, 5) is 13.1. The molecule has 6 N–H and O–H groups in total. The maximum absolute atomic E-state index is 14.6. The number of hydrogen-bond donors (Lipinski definition) is 4. The largest absolute Gasteiger partial charge is 0.407 e. The van der Waals surface area contributed by atoms with Gasteiger partial charge in [0.2, 0.25) is 5.91 Å². The molecule has 0 saturated carbocycles. The second kappa shape index (κ2) is 12.8. The molecule has 13 heteroatoms. The molecule has 7 nitrogen and oxygen atoms in total. The summed E-state index contributed by atoms with van der Waals surface area (Å²) in [6, 6.07) is 11.0. The second-order valence-electron chi connectivity index (χ2n) is 10.7. The normalized spacial score (nSPS) is 14.7. The summed E-state index contributed by atoms with van der Waals surface area (Å²) in [5.41, 5.74) is 10.6. The Labute approximate surface area is 241 Å². The van der Waals surface area contributed by atoms with Crippen molar-refractivity contribution in [3.63, 3.8) is 0 Å². The predicted molar refractivity (Wildman–Crippen MR) is 151 cm³/mol. The average Bonchev–Trinajstić information content (AvgIpc) is 2.86. The number of nitrogens with two attached hydrogens (primary N) is 2. The van der Waals surface area contributed by atoms with Crippen molar-refractivity contribution >= 4 is 21.4 Å². The number of hydrogen-bond acceptors (Lipinski definition) is 6. The Morgan fingerprint density at radius 3 is 1.95 bits per heavy atom. The lowest BCUT2D eigenvalue weighted by Gasteiger charge is -2.30. The highest BCUT2D eigenvalue weighted by molar-refractivity contribution is 7.90. The van der Waals surface area contributed by atoms with Crippen LogP contribution in [0.2, 0.25) is 0 Å². The van der Waals surface area contributed by atoms with E-state index in [1.165, 1.54) is 60.7 Å². The van der Waals surface area contributed by atoms with Crippen molar-refractivity contribution in [1.29, 1.82) is 0 Å². The van der Waals surface area contributed by atoms with E-state index in [4.69, 9.17) is 11.5 Å². The molecule has 42 heavy (non-hydrogen) atoms. The summed E-state index contributed by atoms with van der Waals surface area (Å²) in [7, 11) is -3.42. The molecule has 0 unspecified atom stereocenters. The summed E-state index contributed by atoms with van der Waals surface area (Å²) >= 11 is 0. The van der Waals surface area contributed by atoms with Crippen molar-refractivity contribution in [2.24, 2.45) is 5.73 Å². The quantitative estimate of drug-likeness (QED) is 0.140. The number of amides is 1. The van der Waals surface area contributed by atoms with Crippen LogP contribution in [0.4, 0.5) is 27.6 Å². The highest BCUT2D eigenvalue weighted by Crippen LogP contribution is 2.35. The standard InChI is InChI=1S/C29H33F5N4O3S/c1-28(2,31)16-24(27(39)38-25(36)14-20-8-11-21(35)15-23(20)30)37-26(29(32,33)34)19-6-4-17(5-7-19)18-9-12-22(13-10-18)42(3,40)41/h4-13,15,24-26,37H,14,16,35-36H2,1-3H3,(H,38,39)/t24-,25+,26-/m0/s1. The van der Waals surface area contributed by atoms with E-state index in [-0.39, 0.29) is 28.1 Å². The Morgan fingerprint density at radius 1 is 0.929 bits per heavy atom. The molecular formula is C29H33F5N4O3S. The number of alkyl halides is 4. The van der Waals surface area contributed by atoms with E-state index in [0.29, 0.717) is 11.1 Å². The van der Waals surface area contributed by atoms with Gasteiger partial charge in [0, 0.05) is 24.8 Å². The van der Waals surface area contributed by atoms with Gasteiger partial charge in [-0.1, -0.05) is 42.5 Å². The number of nitrogens with one attached hydrogen (secondary N) is 2. The minimum absolute atomic E-state index is 0.0997. The van der Waals surface area contributed by atoms with Crippen LogP contribution in [0.5, 0.6) is 0 Å². The van der Waals surface area contributed by atoms with Crippen LogP contribution in [0.25, 0.3) is 11.1 Å². The van der Waals surface area contributed by atoms with Gasteiger partial charge in [0.05, 0.1) is 17.1 Å². The molecule has 3 aromatic carbocycles. The second-order valence-corrected chi connectivity index (χ2v) is 12.7. The molecule has 0 bridgehead atoms. The van der Waals surface area contributed by atoms with E-state index in [1.54, 1.807) is 0 Å². The maximum atomic E-state index is 14.6. The van der Waals surface area contributed by atoms with E-state index < -0.39 is 58.1 Å². The summed E-state index contributed by atoms with van der Waals surface area (Å²) in [5, 5.41) is 4.60. The first-order valence-electron chi connectivity index (χ1n) is 12.9. The van der Waals surface area contributed by atoms with Gasteiger partial charge in [-0.3, -0.25) is 10.1 Å². The van der Waals surface area contributed by atoms with Crippen LogP contribution in [-0.4, -0.2) is 44.6 Å². The van der Waals surface area contributed by atoms with Crippen molar-refractivity contribution in [1.82, 2.24) is 10.6 Å². The minimum atomic E-state index is -4.87. The molecule has 0 aliphatic carbocycles. The van der Waals surface area contributed by atoms with Gasteiger partial charge in [0.25, 0.3) is 0 Å². The molecule has 0 spiro atoms. The number of carbonyl (C=O) groups excluding carboxylic acids is 1. The van der Waals surface area contributed by atoms with Crippen molar-refractivity contribution < 1.29 is 35.2 Å². The molecule has 0 aliphatic rings. The van der Waals surface area contributed by atoms with Gasteiger partial charge in [0.15, 0.2) is 9.84 Å². The molecule has 228 valence electrons. The Balaban J connectivity index is 1.82. The fourth-order valence-corrected chi connectivity index (χ4v) is 4.99. The first-order chi connectivity index (χ1) is 19.3. The Hall–Kier alpha value is -3.55. The van der Waals surface area contributed by atoms with Gasteiger partial charge in [-0.25, -0.2) is 17.2 Å². The topological polar surface area (TPSA) is 127 Å². The molecule has 0 aromatic heterocycles. The third kappa shape index (κ3) is 9.23. The minimum Gasteiger partial charge on any atom is -0.399 e. The molecule has 0 fully saturated rings. The van der Waals surface area contributed by atoms with Crippen molar-refractivity contribution in [3.05, 3.63) is 83.7 Å². The molecular weight excluding hydrogens is 579 g/mol. The van der Waals surface area contributed by atoms with Crippen molar-refractivity contribution in [3.8, 4) is 11.1 Å². The molecule has 3 atom stereocenters.